The van der Waals surface area contributed by atoms with Crippen molar-refractivity contribution in [2.24, 2.45) is 0 Å². The maximum absolute atomic E-state index is 12.9. The maximum Gasteiger partial charge on any atom is 0.416 e. The summed E-state index contributed by atoms with van der Waals surface area (Å²) in [5.41, 5.74) is -0.896. The van der Waals surface area contributed by atoms with Crippen molar-refractivity contribution in [3.8, 4) is 0 Å². The first-order chi connectivity index (χ1) is 10.9. The van der Waals surface area contributed by atoms with Crippen molar-refractivity contribution < 1.29 is 23.0 Å². The fourth-order valence-corrected chi connectivity index (χ4v) is 2.73. The van der Waals surface area contributed by atoms with Crippen LogP contribution in [0.15, 0.2) is 24.3 Å². The van der Waals surface area contributed by atoms with Gasteiger partial charge in [-0.3, -0.25) is 4.90 Å². The molecule has 4 nitrogen and oxygen atoms in total. The molecule has 0 spiro atoms. The Bertz CT molecular complexity index is 496. The van der Waals surface area contributed by atoms with Gasteiger partial charge in [0.25, 0.3) is 0 Å². The Morgan fingerprint density at radius 2 is 2.13 bits per heavy atom. The van der Waals surface area contributed by atoms with Gasteiger partial charge in [0.05, 0.1) is 24.4 Å². The first-order valence-electron chi connectivity index (χ1n) is 7.80. The fourth-order valence-electron chi connectivity index (χ4n) is 2.73. The van der Waals surface area contributed by atoms with Crippen molar-refractivity contribution in [1.29, 1.82) is 0 Å². The molecular formula is C16H23F3N2O2. The number of ether oxygens (including phenoxy) is 1. The zero-order chi connectivity index (χ0) is 16.9. The lowest BCUT2D eigenvalue weighted by Gasteiger charge is -2.32. The summed E-state index contributed by atoms with van der Waals surface area (Å²) in [6.07, 6.45) is -5.68. The lowest BCUT2D eigenvalue weighted by molar-refractivity contribution is -0.139. The number of aliphatic hydroxyl groups is 1. The SMILES string of the molecule is CCN1CCO[C@@H](CNC[C@@H](O)c2ccccc2C(F)(F)F)C1. The van der Waals surface area contributed by atoms with E-state index in [9.17, 15) is 18.3 Å². The van der Waals surface area contributed by atoms with Crippen LogP contribution in [0.1, 0.15) is 24.2 Å². The molecule has 1 aliphatic rings. The van der Waals surface area contributed by atoms with Crippen LogP contribution in [0.2, 0.25) is 0 Å². The van der Waals surface area contributed by atoms with Crippen LogP contribution in [0.25, 0.3) is 0 Å². The van der Waals surface area contributed by atoms with E-state index in [1.807, 2.05) is 0 Å². The van der Waals surface area contributed by atoms with Gasteiger partial charge in [0.15, 0.2) is 0 Å². The Morgan fingerprint density at radius 1 is 1.39 bits per heavy atom. The highest BCUT2D eigenvalue weighted by molar-refractivity contribution is 5.31. The quantitative estimate of drug-likeness (QED) is 0.837. The number of morpholine rings is 1. The van der Waals surface area contributed by atoms with E-state index < -0.39 is 17.8 Å². The predicted molar refractivity (Wildman–Crippen MR) is 81.1 cm³/mol. The molecule has 0 unspecified atom stereocenters. The van der Waals surface area contributed by atoms with Crippen LogP contribution in [0.3, 0.4) is 0 Å². The first kappa shape index (κ1) is 18.2. The van der Waals surface area contributed by atoms with E-state index in [4.69, 9.17) is 4.74 Å². The highest BCUT2D eigenvalue weighted by Crippen LogP contribution is 2.34. The summed E-state index contributed by atoms with van der Waals surface area (Å²) in [4.78, 5) is 2.26. The van der Waals surface area contributed by atoms with Crippen molar-refractivity contribution in [3.05, 3.63) is 35.4 Å². The molecule has 130 valence electrons. The number of nitrogens with one attached hydrogen (secondary N) is 1. The van der Waals surface area contributed by atoms with Gasteiger partial charge in [-0.05, 0) is 18.2 Å². The van der Waals surface area contributed by atoms with Crippen LogP contribution in [-0.4, -0.2) is 55.4 Å². The number of nitrogens with zero attached hydrogens (tertiary/aromatic N) is 1. The van der Waals surface area contributed by atoms with Gasteiger partial charge in [-0.2, -0.15) is 13.2 Å². The highest BCUT2D eigenvalue weighted by Gasteiger charge is 2.34. The van der Waals surface area contributed by atoms with Crippen LogP contribution in [0.4, 0.5) is 13.2 Å². The highest BCUT2D eigenvalue weighted by atomic mass is 19.4. The van der Waals surface area contributed by atoms with Gasteiger partial charge in [-0.15, -0.1) is 0 Å². The Kier molecular flexibility index (Phi) is 6.41. The molecule has 2 N–H and O–H groups in total. The minimum atomic E-state index is -4.47. The molecule has 0 saturated carbocycles. The normalized spacial score (nSPS) is 21.3. The largest absolute Gasteiger partial charge is 0.416 e. The second-order valence-corrected chi connectivity index (χ2v) is 5.65. The van der Waals surface area contributed by atoms with E-state index in [0.29, 0.717) is 13.2 Å². The van der Waals surface area contributed by atoms with Crippen LogP contribution in [-0.2, 0) is 10.9 Å². The molecule has 1 aromatic rings. The molecule has 1 saturated heterocycles. The third-order valence-corrected chi connectivity index (χ3v) is 4.01. The van der Waals surface area contributed by atoms with E-state index in [0.717, 1.165) is 25.7 Å². The van der Waals surface area contributed by atoms with Crippen molar-refractivity contribution >= 4 is 0 Å². The summed E-state index contributed by atoms with van der Waals surface area (Å²) in [7, 11) is 0. The molecule has 1 aromatic carbocycles. The topological polar surface area (TPSA) is 44.7 Å². The van der Waals surface area contributed by atoms with Gasteiger partial charge < -0.3 is 15.2 Å². The van der Waals surface area contributed by atoms with Crippen molar-refractivity contribution in [1.82, 2.24) is 10.2 Å². The average molecular weight is 332 g/mol. The van der Waals surface area contributed by atoms with Crippen molar-refractivity contribution in [3.63, 3.8) is 0 Å². The second-order valence-electron chi connectivity index (χ2n) is 5.65. The van der Waals surface area contributed by atoms with E-state index in [1.54, 1.807) is 0 Å². The number of alkyl halides is 3. The lowest BCUT2D eigenvalue weighted by atomic mass is 10.0. The number of halogens is 3. The van der Waals surface area contributed by atoms with Crippen molar-refractivity contribution in [2.45, 2.75) is 25.3 Å². The minimum Gasteiger partial charge on any atom is -0.387 e. The Hall–Kier alpha value is -1.15. The van der Waals surface area contributed by atoms with Gasteiger partial charge in [0.1, 0.15) is 0 Å². The van der Waals surface area contributed by atoms with Crippen LogP contribution >= 0.6 is 0 Å². The standard InChI is InChI=1S/C16H23F3N2O2/c1-2-21-7-8-23-12(11-21)9-20-10-15(22)13-5-3-4-6-14(13)16(17,18)19/h3-6,12,15,20,22H,2,7-11H2,1H3/t12-,15+/m0/s1. The van der Waals surface area contributed by atoms with Crippen LogP contribution in [0.5, 0.6) is 0 Å². The Labute approximate surface area is 134 Å². The molecule has 23 heavy (non-hydrogen) atoms. The molecule has 7 heteroatoms. The zero-order valence-corrected chi connectivity index (χ0v) is 13.1. The molecule has 0 bridgehead atoms. The number of likely N-dealkylation sites (N-methyl/N-ethyl adjacent to an activating group) is 1. The van der Waals surface area contributed by atoms with Gasteiger partial charge in [0.2, 0.25) is 0 Å². The molecule has 0 aliphatic carbocycles. The maximum atomic E-state index is 12.9. The van der Waals surface area contributed by atoms with Crippen molar-refractivity contribution in [2.75, 3.05) is 39.3 Å². The lowest BCUT2D eigenvalue weighted by Crippen LogP contribution is -2.46. The number of rotatable bonds is 6. The fraction of sp³-hybridized carbons (Fsp3) is 0.625. The van der Waals surface area contributed by atoms with Crippen LogP contribution in [0, 0.1) is 0 Å². The molecule has 0 amide bonds. The molecule has 2 rings (SSSR count). The zero-order valence-electron chi connectivity index (χ0n) is 13.1. The molecule has 0 radical (unpaired) electrons. The number of hydrogen-bond donors (Lipinski definition) is 2. The van der Waals surface area contributed by atoms with Crippen LogP contribution < -0.4 is 5.32 Å². The Morgan fingerprint density at radius 3 is 2.83 bits per heavy atom. The third kappa shape index (κ3) is 5.17. The van der Waals surface area contributed by atoms with E-state index >= 15 is 0 Å². The molecular weight excluding hydrogens is 309 g/mol. The molecule has 1 heterocycles. The predicted octanol–water partition coefficient (Wildman–Crippen LogP) is 2.05. The summed E-state index contributed by atoms with van der Waals surface area (Å²) in [6, 6.07) is 5.12. The van der Waals surface area contributed by atoms with E-state index in [1.165, 1.54) is 18.2 Å². The van der Waals surface area contributed by atoms with E-state index in [2.05, 4.69) is 17.1 Å². The van der Waals surface area contributed by atoms with Gasteiger partial charge >= 0.3 is 6.18 Å². The molecule has 2 atom stereocenters. The number of aliphatic hydroxyl groups excluding tert-OH is 1. The summed E-state index contributed by atoms with van der Waals surface area (Å²) in [6.45, 7) is 5.92. The van der Waals surface area contributed by atoms with Gasteiger partial charge in [-0.1, -0.05) is 25.1 Å². The minimum absolute atomic E-state index is 0.00578. The van der Waals surface area contributed by atoms with Gasteiger partial charge in [0, 0.05) is 26.2 Å². The van der Waals surface area contributed by atoms with Gasteiger partial charge in [-0.25, -0.2) is 0 Å². The smallest absolute Gasteiger partial charge is 0.387 e. The first-order valence-corrected chi connectivity index (χ1v) is 7.80. The summed E-state index contributed by atoms with van der Waals surface area (Å²) >= 11 is 0. The van der Waals surface area contributed by atoms with E-state index in [-0.39, 0.29) is 18.2 Å². The Balaban J connectivity index is 1.87. The summed E-state index contributed by atoms with van der Waals surface area (Å²) in [5.74, 6) is 0. The monoisotopic (exact) mass is 332 g/mol. The average Bonchev–Trinajstić information content (AvgIpc) is 2.54. The molecule has 1 aliphatic heterocycles. The second kappa shape index (κ2) is 8.10. The molecule has 1 fully saturated rings. The summed E-state index contributed by atoms with van der Waals surface area (Å²) in [5, 5.41) is 13.1. The number of hydrogen-bond acceptors (Lipinski definition) is 4. The number of benzene rings is 1. The summed E-state index contributed by atoms with van der Waals surface area (Å²) < 4.78 is 44.4. The molecule has 0 aromatic heterocycles. The third-order valence-electron chi connectivity index (χ3n) is 4.01.